The van der Waals surface area contributed by atoms with Crippen LogP contribution in [-0.2, 0) is 4.74 Å². The number of hydrogen-bond acceptors (Lipinski definition) is 2. The minimum Gasteiger partial charge on any atom is -0.372 e. The fraction of sp³-hybridized carbons (Fsp3) is 1.00. The van der Waals surface area contributed by atoms with Crippen molar-refractivity contribution >= 4 is 0 Å². The molecule has 2 unspecified atom stereocenters. The Morgan fingerprint density at radius 3 is 2.50 bits per heavy atom. The van der Waals surface area contributed by atoms with Gasteiger partial charge in [0.05, 0.1) is 11.7 Å². The first-order valence-corrected chi connectivity index (χ1v) is 8.85. The summed E-state index contributed by atoms with van der Waals surface area (Å²) >= 11 is 0. The molecule has 0 aromatic carbocycles. The molecular formula is C18H35NO. The minimum absolute atomic E-state index is 0.231. The van der Waals surface area contributed by atoms with Gasteiger partial charge < -0.3 is 10.1 Å². The Morgan fingerprint density at radius 1 is 1.20 bits per heavy atom. The van der Waals surface area contributed by atoms with Gasteiger partial charge in [-0.1, -0.05) is 26.2 Å². The smallest absolute Gasteiger partial charge is 0.0687 e. The van der Waals surface area contributed by atoms with E-state index >= 15 is 0 Å². The number of nitrogens with one attached hydrogen (secondary N) is 1. The molecule has 0 bridgehead atoms. The highest BCUT2D eigenvalue weighted by Crippen LogP contribution is 2.44. The number of hydrogen-bond donors (Lipinski definition) is 1. The van der Waals surface area contributed by atoms with Crippen LogP contribution >= 0.6 is 0 Å². The summed E-state index contributed by atoms with van der Waals surface area (Å²) < 4.78 is 6.49. The molecule has 0 aromatic heterocycles. The largest absolute Gasteiger partial charge is 0.372 e. The maximum absolute atomic E-state index is 6.49. The summed E-state index contributed by atoms with van der Waals surface area (Å²) in [7, 11) is 0. The summed E-state index contributed by atoms with van der Waals surface area (Å²) in [4.78, 5) is 0. The van der Waals surface area contributed by atoms with Crippen molar-refractivity contribution in [1.29, 1.82) is 0 Å². The summed E-state index contributed by atoms with van der Waals surface area (Å²) in [6.07, 6.45) is 12.5. The molecule has 2 heteroatoms. The van der Waals surface area contributed by atoms with E-state index in [1.54, 1.807) is 0 Å². The van der Waals surface area contributed by atoms with Gasteiger partial charge in [-0.25, -0.2) is 0 Å². The van der Waals surface area contributed by atoms with Gasteiger partial charge in [0.1, 0.15) is 0 Å². The summed E-state index contributed by atoms with van der Waals surface area (Å²) in [5.74, 6) is 0.778. The Hall–Kier alpha value is -0.0800. The van der Waals surface area contributed by atoms with Crippen molar-refractivity contribution in [3.63, 3.8) is 0 Å². The van der Waals surface area contributed by atoms with Crippen LogP contribution < -0.4 is 5.32 Å². The zero-order valence-corrected chi connectivity index (χ0v) is 14.1. The third-order valence-corrected chi connectivity index (χ3v) is 5.07. The highest BCUT2D eigenvalue weighted by atomic mass is 16.5. The summed E-state index contributed by atoms with van der Waals surface area (Å²) in [6.45, 7) is 10.2. The molecular weight excluding hydrogens is 246 g/mol. The van der Waals surface area contributed by atoms with E-state index in [0.29, 0.717) is 11.7 Å². The van der Waals surface area contributed by atoms with Crippen LogP contribution in [0, 0.1) is 5.92 Å². The standard InChI is InChI=1S/C18H35NO/c1-5-8-15(14-19-17(2,3)4)13-16-9-12-18(20-16)10-6-7-11-18/h15-16,19H,5-14H2,1-4H3. The molecule has 2 aliphatic rings. The predicted octanol–water partition coefficient (Wildman–Crippen LogP) is 4.67. The maximum Gasteiger partial charge on any atom is 0.0687 e. The normalized spacial score (nSPS) is 27.3. The molecule has 0 aromatic rings. The molecule has 2 fully saturated rings. The molecule has 1 heterocycles. The second-order valence-electron chi connectivity index (χ2n) is 8.19. The van der Waals surface area contributed by atoms with E-state index in [0.717, 1.165) is 12.5 Å². The summed E-state index contributed by atoms with van der Waals surface area (Å²) in [5, 5.41) is 3.69. The van der Waals surface area contributed by atoms with Crippen molar-refractivity contribution in [1.82, 2.24) is 5.32 Å². The van der Waals surface area contributed by atoms with Gasteiger partial charge in [0, 0.05) is 5.54 Å². The second-order valence-corrected chi connectivity index (χ2v) is 8.19. The Labute approximate surface area is 126 Å². The fourth-order valence-corrected chi connectivity index (χ4v) is 3.98. The van der Waals surface area contributed by atoms with Crippen LogP contribution in [0.3, 0.4) is 0 Å². The van der Waals surface area contributed by atoms with Crippen LogP contribution in [-0.4, -0.2) is 23.8 Å². The zero-order valence-electron chi connectivity index (χ0n) is 14.1. The van der Waals surface area contributed by atoms with E-state index in [9.17, 15) is 0 Å². The van der Waals surface area contributed by atoms with Crippen LogP contribution in [0.25, 0.3) is 0 Å². The van der Waals surface area contributed by atoms with Crippen LogP contribution in [0.2, 0.25) is 0 Å². The molecule has 0 radical (unpaired) electrons. The van der Waals surface area contributed by atoms with Crippen molar-refractivity contribution in [3.8, 4) is 0 Å². The molecule has 1 aliphatic heterocycles. The fourth-order valence-electron chi connectivity index (χ4n) is 3.98. The predicted molar refractivity (Wildman–Crippen MR) is 86.1 cm³/mol. The Bertz CT molecular complexity index is 288. The molecule has 1 aliphatic carbocycles. The highest BCUT2D eigenvalue weighted by molar-refractivity contribution is 4.93. The van der Waals surface area contributed by atoms with E-state index in [1.807, 2.05) is 0 Å². The van der Waals surface area contributed by atoms with Crippen LogP contribution in [0.1, 0.15) is 85.5 Å². The summed E-state index contributed by atoms with van der Waals surface area (Å²) in [5.41, 5.74) is 0.536. The third-order valence-electron chi connectivity index (χ3n) is 5.07. The van der Waals surface area contributed by atoms with Crippen LogP contribution in [0.4, 0.5) is 0 Å². The van der Waals surface area contributed by atoms with Gasteiger partial charge in [0.25, 0.3) is 0 Å². The molecule has 0 amide bonds. The average Bonchev–Trinajstić information content (AvgIpc) is 2.97. The lowest BCUT2D eigenvalue weighted by atomic mass is 9.93. The van der Waals surface area contributed by atoms with Gasteiger partial charge in [-0.2, -0.15) is 0 Å². The second kappa shape index (κ2) is 6.79. The van der Waals surface area contributed by atoms with Crippen LogP contribution in [0.15, 0.2) is 0 Å². The maximum atomic E-state index is 6.49. The average molecular weight is 281 g/mol. The third kappa shape index (κ3) is 4.73. The van der Waals surface area contributed by atoms with Crippen molar-refractivity contribution in [2.45, 2.75) is 103 Å². The van der Waals surface area contributed by atoms with Crippen LogP contribution in [0.5, 0.6) is 0 Å². The lowest BCUT2D eigenvalue weighted by Gasteiger charge is -2.28. The van der Waals surface area contributed by atoms with Crippen molar-refractivity contribution in [2.24, 2.45) is 5.92 Å². The first-order valence-electron chi connectivity index (χ1n) is 8.85. The Kier molecular flexibility index (Phi) is 5.53. The Morgan fingerprint density at radius 2 is 1.90 bits per heavy atom. The van der Waals surface area contributed by atoms with Crippen molar-refractivity contribution < 1.29 is 4.74 Å². The number of rotatable bonds is 6. The van der Waals surface area contributed by atoms with Gasteiger partial charge in [0.15, 0.2) is 0 Å². The highest BCUT2D eigenvalue weighted by Gasteiger charge is 2.42. The molecule has 1 saturated carbocycles. The molecule has 2 rings (SSSR count). The molecule has 2 atom stereocenters. The lowest BCUT2D eigenvalue weighted by molar-refractivity contribution is -0.0447. The van der Waals surface area contributed by atoms with Gasteiger partial charge in [-0.3, -0.25) is 0 Å². The monoisotopic (exact) mass is 281 g/mol. The molecule has 1 saturated heterocycles. The molecule has 118 valence electrons. The quantitative estimate of drug-likeness (QED) is 0.763. The molecule has 1 spiro atoms. The Balaban J connectivity index is 1.79. The van der Waals surface area contributed by atoms with Gasteiger partial charge in [-0.15, -0.1) is 0 Å². The topological polar surface area (TPSA) is 21.3 Å². The van der Waals surface area contributed by atoms with E-state index in [2.05, 4.69) is 33.0 Å². The first kappa shape index (κ1) is 16.3. The zero-order chi connectivity index (χ0) is 14.6. The van der Waals surface area contributed by atoms with Gasteiger partial charge in [-0.05, 0) is 71.8 Å². The van der Waals surface area contributed by atoms with E-state index in [-0.39, 0.29) is 5.54 Å². The lowest BCUT2D eigenvalue weighted by Crippen LogP contribution is -2.40. The SMILES string of the molecule is CCCC(CNC(C)(C)C)CC1CCC2(CCCC2)O1. The van der Waals surface area contributed by atoms with Crippen molar-refractivity contribution in [2.75, 3.05) is 6.54 Å². The first-order chi connectivity index (χ1) is 9.42. The molecule has 2 nitrogen and oxygen atoms in total. The van der Waals surface area contributed by atoms with Gasteiger partial charge >= 0.3 is 0 Å². The molecule has 1 N–H and O–H groups in total. The van der Waals surface area contributed by atoms with Crippen molar-refractivity contribution in [3.05, 3.63) is 0 Å². The van der Waals surface area contributed by atoms with E-state index < -0.39 is 0 Å². The molecule has 20 heavy (non-hydrogen) atoms. The van der Waals surface area contributed by atoms with E-state index in [4.69, 9.17) is 4.74 Å². The number of ether oxygens (including phenoxy) is 1. The minimum atomic E-state index is 0.231. The summed E-state index contributed by atoms with van der Waals surface area (Å²) in [6, 6.07) is 0. The van der Waals surface area contributed by atoms with E-state index in [1.165, 1.54) is 57.8 Å². The van der Waals surface area contributed by atoms with Gasteiger partial charge in [0.2, 0.25) is 0 Å².